The van der Waals surface area contributed by atoms with Gasteiger partial charge >= 0.3 is 0 Å². The maximum absolute atomic E-state index is 14.1. The predicted molar refractivity (Wildman–Crippen MR) is 122 cm³/mol. The Balaban J connectivity index is 1.45. The van der Waals surface area contributed by atoms with E-state index in [0.29, 0.717) is 18.0 Å². The number of anilines is 1. The van der Waals surface area contributed by atoms with E-state index in [1.807, 2.05) is 0 Å². The molecular weight excluding hydrogens is 409 g/mol. The number of carbonyl (C=O) groups excluding carboxylic acids is 2. The van der Waals surface area contributed by atoms with Crippen molar-refractivity contribution in [3.8, 4) is 5.75 Å². The van der Waals surface area contributed by atoms with Crippen LogP contribution >= 0.6 is 0 Å². The molecule has 1 saturated heterocycles. The topological polar surface area (TPSA) is 61.9 Å². The summed E-state index contributed by atoms with van der Waals surface area (Å²) in [5.41, 5.74) is 0.767. The second kappa shape index (κ2) is 10.4. The van der Waals surface area contributed by atoms with Crippen molar-refractivity contribution >= 4 is 23.6 Å². The monoisotopic (exact) mass is 437 g/mol. The average molecular weight is 438 g/mol. The molecule has 7 heteroatoms. The van der Waals surface area contributed by atoms with Crippen LogP contribution in [0.5, 0.6) is 5.75 Å². The van der Waals surface area contributed by atoms with Crippen LogP contribution < -0.4 is 15.0 Å². The van der Waals surface area contributed by atoms with Gasteiger partial charge in [-0.15, -0.1) is 0 Å². The molecule has 0 bridgehead atoms. The van der Waals surface area contributed by atoms with Crippen molar-refractivity contribution in [3.05, 3.63) is 65.7 Å². The highest BCUT2D eigenvalue weighted by Gasteiger charge is 2.31. The number of benzene rings is 2. The van der Waals surface area contributed by atoms with E-state index in [-0.39, 0.29) is 23.8 Å². The summed E-state index contributed by atoms with van der Waals surface area (Å²) >= 11 is 0. The first-order valence-corrected chi connectivity index (χ1v) is 11.2. The number of para-hydroxylation sites is 2. The number of carbonyl (C=O) groups is 2. The highest BCUT2D eigenvalue weighted by atomic mass is 19.1. The molecule has 0 saturated carbocycles. The highest BCUT2D eigenvalue weighted by Crippen LogP contribution is 2.35. The molecule has 32 heavy (non-hydrogen) atoms. The molecule has 1 fully saturated rings. The van der Waals surface area contributed by atoms with Crippen LogP contribution in [0.15, 0.2) is 54.3 Å². The minimum absolute atomic E-state index is 0.0221. The zero-order chi connectivity index (χ0) is 22.3. The van der Waals surface area contributed by atoms with E-state index in [1.54, 1.807) is 42.5 Å². The third kappa shape index (κ3) is 5.34. The molecule has 2 amide bonds. The number of rotatable bonds is 6. The van der Waals surface area contributed by atoms with Crippen LogP contribution in [-0.2, 0) is 9.59 Å². The van der Waals surface area contributed by atoms with Crippen LogP contribution in [-0.4, -0.2) is 49.4 Å². The molecule has 0 aliphatic carbocycles. The third-order valence-electron chi connectivity index (χ3n) is 5.77. The standard InChI is InChI=1S/C25H28FN3O3/c26-20-10-4-3-9-19(20)17-23-25(31)29(21-11-5-6-12-22(21)32-23)18-24(30)27-13-16-28-14-7-1-2-8-15-28/h3-6,9-12,17H,1-2,7-8,13-16,18H2,(H,27,30). The lowest BCUT2D eigenvalue weighted by Crippen LogP contribution is -2.45. The fraction of sp³-hybridized carbons (Fsp3) is 0.360. The number of halogens is 1. The van der Waals surface area contributed by atoms with Crippen LogP contribution in [0.3, 0.4) is 0 Å². The van der Waals surface area contributed by atoms with E-state index in [4.69, 9.17) is 4.74 Å². The molecule has 6 nitrogen and oxygen atoms in total. The second-order valence-electron chi connectivity index (χ2n) is 8.10. The zero-order valence-corrected chi connectivity index (χ0v) is 18.1. The van der Waals surface area contributed by atoms with E-state index in [9.17, 15) is 14.0 Å². The Hall–Kier alpha value is -3.19. The number of nitrogens with zero attached hydrogens (tertiary/aromatic N) is 2. The molecule has 2 heterocycles. The number of nitrogens with one attached hydrogen (secondary N) is 1. The van der Waals surface area contributed by atoms with Gasteiger partial charge in [0.25, 0.3) is 5.91 Å². The molecule has 1 N–H and O–H groups in total. The minimum Gasteiger partial charge on any atom is -0.449 e. The van der Waals surface area contributed by atoms with E-state index in [2.05, 4.69) is 10.2 Å². The molecule has 4 rings (SSSR count). The van der Waals surface area contributed by atoms with Gasteiger partial charge in [0.05, 0.1) is 5.69 Å². The van der Waals surface area contributed by atoms with Crippen LogP contribution in [0.4, 0.5) is 10.1 Å². The molecule has 0 radical (unpaired) electrons. The van der Waals surface area contributed by atoms with Crippen molar-refractivity contribution in [1.82, 2.24) is 10.2 Å². The van der Waals surface area contributed by atoms with Crippen molar-refractivity contribution in [2.45, 2.75) is 25.7 Å². The largest absolute Gasteiger partial charge is 0.449 e. The van der Waals surface area contributed by atoms with Gasteiger partial charge in [-0.3, -0.25) is 14.5 Å². The van der Waals surface area contributed by atoms with Crippen molar-refractivity contribution < 1.29 is 18.7 Å². The van der Waals surface area contributed by atoms with Gasteiger partial charge in [0.15, 0.2) is 11.5 Å². The summed E-state index contributed by atoms with van der Waals surface area (Å²) in [7, 11) is 0. The van der Waals surface area contributed by atoms with Gasteiger partial charge in [-0.05, 0) is 50.2 Å². The van der Waals surface area contributed by atoms with Gasteiger partial charge in [-0.25, -0.2) is 4.39 Å². The summed E-state index contributed by atoms with van der Waals surface area (Å²) in [6, 6.07) is 13.2. The Morgan fingerprint density at radius 2 is 1.75 bits per heavy atom. The molecule has 2 aliphatic heterocycles. The van der Waals surface area contributed by atoms with Gasteiger partial charge in [0.2, 0.25) is 5.91 Å². The second-order valence-corrected chi connectivity index (χ2v) is 8.10. The van der Waals surface area contributed by atoms with Crippen LogP contribution in [0.2, 0.25) is 0 Å². The number of hydrogen-bond donors (Lipinski definition) is 1. The number of hydrogen-bond acceptors (Lipinski definition) is 4. The normalized spacial score (nSPS) is 18.1. The molecule has 2 aliphatic rings. The molecule has 2 aromatic rings. The molecule has 0 aromatic heterocycles. The van der Waals surface area contributed by atoms with Gasteiger partial charge in [0.1, 0.15) is 12.4 Å². The quantitative estimate of drug-likeness (QED) is 0.702. The highest BCUT2D eigenvalue weighted by molar-refractivity contribution is 6.12. The fourth-order valence-electron chi connectivity index (χ4n) is 4.07. The smallest absolute Gasteiger partial charge is 0.294 e. The van der Waals surface area contributed by atoms with Gasteiger partial charge < -0.3 is 15.0 Å². The summed E-state index contributed by atoms with van der Waals surface area (Å²) < 4.78 is 19.9. The van der Waals surface area contributed by atoms with Gasteiger partial charge in [-0.1, -0.05) is 43.2 Å². The number of ether oxygens (including phenoxy) is 1. The third-order valence-corrected chi connectivity index (χ3v) is 5.77. The van der Waals surface area contributed by atoms with Crippen molar-refractivity contribution in [2.24, 2.45) is 0 Å². The predicted octanol–water partition coefficient (Wildman–Crippen LogP) is 3.58. The number of amides is 2. The molecule has 0 atom stereocenters. The Labute approximate surface area is 187 Å². The lowest BCUT2D eigenvalue weighted by molar-refractivity contribution is -0.123. The first kappa shape index (κ1) is 22.0. The maximum atomic E-state index is 14.1. The Bertz CT molecular complexity index is 999. The van der Waals surface area contributed by atoms with Gasteiger partial charge in [0, 0.05) is 18.7 Å². The molecule has 2 aromatic carbocycles. The summed E-state index contributed by atoms with van der Waals surface area (Å²) in [4.78, 5) is 29.5. The van der Waals surface area contributed by atoms with Crippen LogP contribution in [0, 0.1) is 5.82 Å². The van der Waals surface area contributed by atoms with Crippen molar-refractivity contribution in [1.29, 1.82) is 0 Å². The van der Waals surface area contributed by atoms with Crippen molar-refractivity contribution in [3.63, 3.8) is 0 Å². The SMILES string of the molecule is O=C(CN1C(=O)C(=Cc2ccccc2F)Oc2ccccc21)NCCN1CCCCCC1. The summed E-state index contributed by atoms with van der Waals surface area (Å²) in [5, 5.41) is 2.93. The Morgan fingerprint density at radius 3 is 2.53 bits per heavy atom. The van der Waals surface area contributed by atoms with E-state index in [1.165, 1.54) is 42.7 Å². The Kier molecular flexibility index (Phi) is 7.17. The molecule has 0 spiro atoms. The summed E-state index contributed by atoms with van der Waals surface area (Å²) in [5.74, 6) is -0.740. The van der Waals surface area contributed by atoms with E-state index < -0.39 is 11.7 Å². The summed E-state index contributed by atoms with van der Waals surface area (Å²) in [6.07, 6.45) is 6.31. The minimum atomic E-state index is -0.477. The Morgan fingerprint density at radius 1 is 1.03 bits per heavy atom. The summed E-state index contributed by atoms with van der Waals surface area (Å²) in [6.45, 7) is 3.34. The maximum Gasteiger partial charge on any atom is 0.294 e. The van der Waals surface area contributed by atoms with Crippen LogP contribution in [0.1, 0.15) is 31.2 Å². The zero-order valence-electron chi connectivity index (χ0n) is 18.1. The number of fused-ring (bicyclic) bond motifs is 1. The van der Waals surface area contributed by atoms with Crippen molar-refractivity contribution in [2.75, 3.05) is 37.6 Å². The van der Waals surface area contributed by atoms with Gasteiger partial charge in [-0.2, -0.15) is 0 Å². The molecular formula is C25H28FN3O3. The average Bonchev–Trinajstić information content (AvgIpc) is 3.07. The van der Waals surface area contributed by atoms with Crippen LogP contribution in [0.25, 0.3) is 6.08 Å². The molecule has 168 valence electrons. The van der Waals surface area contributed by atoms with E-state index in [0.717, 1.165) is 19.6 Å². The lowest BCUT2D eigenvalue weighted by Gasteiger charge is -2.30. The first-order valence-electron chi connectivity index (χ1n) is 11.2. The molecule has 0 unspecified atom stereocenters. The number of likely N-dealkylation sites (tertiary alicyclic amines) is 1. The van der Waals surface area contributed by atoms with E-state index >= 15 is 0 Å². The fourth-order valence-corrected chi connectivity index (χ4v) is 4.07. The first-order chi connectivity index (χ1) is 15.6. The lowest BCUT2D eigenvalue weighted by atomic mass is 10.1.